The summed E-state index contributed by atoms with van der Waals surface area (Å²) in [7, 11) is 1.75. The summed E-state index contributed by atoms with van der Waals surface area (Å²) in [6, 6.07) is 15.8. The number of hydrogen-bond donors (Lipinski definition) is 1. The van der Waals surface area contributed by atoms with Gasteiger partial charge in [-0.25, -0.2) is 4.79 Å². The highest BCUT2D eigenvalue weighted by Gasteiger charge is 2.14. The Morgan fingerprint density at radius 1 is 1.15 bits per heavy atom. The number of anilines is 1. The molecule has 1 amide bonds. The van der Waals surface area contributed by atoms with E-state index in [4.69, 9.17) is 16.0 Å². The summed E-state index contributed by atoms with van der Waals surface area (Å²) in [5.41, 5.74) is 1.39. The quantitative estimate of drug-likeness (QED) is 0.526. The van der Waals surface area contributed by atoms with Crippen molar-refractivity contribution in [2.45, 2.75) is 6.42 Å². The van der Waals surface area contributed by atoms with Crippen molar-refractivity contribution in [2.75, 3.05) is 25.5 Å². The molecule has 0 fully saturated rings. The van der Waals surface area contributed by atoms with Gasteiger partial charge in [0.15, 0.2) is 0 Å². The maximum atomic E-state index is 12.4. The first kappa shape index (κ1) is 18.0. The van der Waals surface area contributed by atoms with Gasteiger partial charge in [-0.1, -0.05) is 35.9 Å². The van der Waals surface area contributed by atoms with E-state index in [1.54, 1.807) is 42.3 Å². The fourth-order valence-electron chi connectivity index (χ4n) is 2.74. The van der Waals surface area contributed by atoms with Crippen LogP contribution in [-0.4, -0.2) is 30.9 Å². The van der Waals surface area contributed by atoms with E-state index in [1.807, 2.05) is 18.2 Å². The minimum absolute atomic E-state index is 0.110. The molecule has 0 saturated heterocycles. The van der Waals surface area contributed by atoms with Crippen molar-refractivity contribution < 1.29 is 9.21 Å². The summed E-state index contributed by atoms with van der Waals surface area (Å²) in [4.78, 5) is 25.7. The van der Waals surface area contributed by atoms with Crippen LogP contribution >= 0.6 is 11.6 Å². The maximum absolute atomic E-state index is 12.4. The number of rotatable bonds is 6. The number of halogens is 1. The fourth-order valence-corrected chi connectivity index (χ4v) is 2.96. The topological polar surface area (TPSA) is 62.6 Å². The van der Waals surface area contributed by atoms with Gasteiger partial charge in [0, 0.05) is 31.6 Å². The predicted octanol–water partition coefficient (Wildman–Crippen LogP) is 4.02. The third-order valence-corrected chi connectivity index (χ3v) is 4.42. The van der Waals surface area contributed by atoms with Crippen molar-refractivity contribution in [1.82, 2.24) is 4.90 Å². The Balaban J connectivity index is 1.58. The molecule has 0 unspecified atom stereocenters. The Kier molecular flexibility index (Phi) is 5.58. The third-order valence-electron chi connectivity index (χ3n) is 4.09. The molecule has 5 nitrogen and oxygen atoms in total. The first-order valence-electron chi connectivity index (χ1n) is 8.33. The number of nitrogens with zero attached hydrogens (tertiary/aromatic N) is 1. The second-order valence-electron chi connectivity index (χ2n) is 5.96. The fraction of sp³-hybridized carbons (Fsp3) is 0.200. The molecule has 0 atom stereocenters. The van der Waals surface area contributed by atoms with Crippen LogP contribution in [-0.2, 0) is 0 Å². The van der Waals surface area contributed by atoms with Crippen LogP contribution in [0.15, 0.2) is 63.8 Å². The number of amides is 1. The Morgan fingerprint density at radius 3 is 2.69 bits per heavy atom. The average molecular weight is 371 g/mol. The monoisotopic (exact) mass is 370 g/mol. The summed E-state index contributed by atoms with van der Waals surface area (Å²) in [6.07, 6.45) is 0.723. The molecule has 1 heterocycles. The molecular weight excluding hydrogens is 352 g/mol. The van der Waals surface area contributed by atoms with Crippen LogP contribution in [0.2, 0.25) is 5.02 Å². The summed E-state index contributed by atoms with van der Waals surface area (Å²) >= 11 is 6.08. The molecule has 0 aliphatic rings. The van der Waals surface area contributed by atoms with Gasteiger partial charge in [0.2, 0.25) is 0 Å². The molecule has 0 aliphatic carbocycles. The second kappa shape index (κ2) is 8.06. The zero-order valence-corrected chi connectivity index (χ0v) is 15.1. The molecule has 0 saturated carbocycles. The predicted molar refractivity (Wildman–Crippen MR) is 104 cm³/mol. The zero-order valence-electron chi connectivity index (χ0n) is 14.4. The van der Waals surface area contributed by atoms with Crippen LogP contribution < -0.4 is 10.9 Å². The van der Waals surface area contributed by atoms with Crippen molar-refractivity contribution in [3.8, 4) is 0 Å². The number of carbonyl (C=O) groups is 1. The first-order chi connectivity index (χ1) is 12.6. The zero-order chi connectivity index (χ0) is 18.5. The third kappa shape index (κ3) is 4.06. The van der Waals surface area contributed by atoms with E-state index in [0.717, 1.165) is 17.5 Å². The molecule has 0 radical (unpaired) electrons. The van der Waals surface area contributed by atoms with Gasteiger partial charge in [-0.2, -0.15) is 0 Å². The van der Waals surface area contributed by atoms with Gasteiger partial charge in [-0.3, -0.25) is 4.79 Å². The van der Waals surface area contributed by atoms with Gasteiger partial charge >= 0.3 is 5.63 Å². The van der Waals surface area contributed by atoms with Crippen LogP contribution in [0.3, 0.4) is 0 Å². The smallest absolute Gasteiger partial charge is 0.338 e. The van der Waals surface area contributed by atoms with Gasteiger partial charge in [0.1, 0.15) is 5.58 Å². The summed E-state index contributed by atoms with van der Waals surface area (Å²) in [5, 5.41) is 4.55. The van der Waals surface area contributed by atoms with E-state index in [2.05, 4.69) is 5.32 Å². The lowest BCUT2D eigenvalue weighted by molar-refractivity contribution is 0.0795. The SMILES string of the molecule is CN(CCCNc1cc(=O)oc2ccccc12)C(=O)c1ccccc1Cl. The molecular formula is C20H19ClN2O3. The van der Waals surface area contributed by atoms with Crippen LogP contribution in [0.25, 0.3) is 11.0 Å². The normalized spacial score (nSPS) is 10.7. The lowest BCUT2D eigenvalue weighted by atomic mass is 10.2. The number of fused-ring (bicyclic) bond motifs is 1. The van der Waals surface area contributed by atoms with Crippen LogP contribution in [0, 0.1) is 0 Å². The van der Waals surface area contributed by atoms with Crippen molar-refractivity contribution in [3.63, 3.8) is 0 Å². The van der Waals surface area contributed by atoms with Gasteiger partial charge in [-0.05, 0) is 30.7 Å². The summed E-state index contributed by atoms with van der Waals surface area (Å²) in [5.74, 6) is -0.110. The molecule has 3 aromatic rings. The lowest BCUT2D eigenvalue weighted by Crippen LogP contribution is -2.29. The van der Waals surface area contributed by atoms with E-state index < -0.39 is 5.63 Å². The molecule has 1 aromatic heterocycles. The average Bonchev–Trinajstić information content (AvgIpc) is 2.64. The molecule has 0 aliphatic heterocycles. The number of hydrogen-bond acceptors (Lipinski definition) is 4. The van der Waals surface area contributed by atoms with Gasteiger partial charge < -0.3 is 14.6 Å². The second-order valence-corrected chi connectivity index (χ2v) is 6.37. The minimum atomic E-state index is -0.391. The Hall–Kier alpha value is -2.79. The molecule has 2 aromatic carbocycles. The van der Waals surface area contributed by atoms with Crippen LogP contribution in [0.1, 0.15) is 16.8 Å². The molecule has 3 rings (SSSR count). The molecule has 134 valence electrons. The minimum Gasteiger partial charge on any atom is -0.423 e. The number of benzene rings is 2. The Bertz CT molecular complexity index is 984. The summed E-state index contributed by atoms with van der Waals surface area (Å²) in [6.45, 7) is 1.18. The van der Waals surface area contributed by atoms with E-state index >= 15 is 0 Å². The van der Waals surface area contributed by atoms with Crippen molar-refractivity contribution in [1.29, 1.82) is 0 Å². The van der Waals surface area contributed by atoms with Crippen molar-refractivity contribution >= 4 is 34.2 Å². The largest absolute Gasteiger partial charge is 0.423 e. The van der Waals surface area contributed by atoms with E-state index in [0.29, 0.717) is 29.3 Å². The van der Waals surface area contributed by atoms with Crippen LogP contribution in [0.5, 0.6) is 0 Å². The molecule has 0 spiro atoms. The lowest BCUT2D eigenvalue weighted by Gasteiger charge is -2.18. The maximum Gasteiger partial charge on any atom is 0.338 e. The van der Waals surface area contributed by atoms with Crippen molar-refractivity contribution in [3.05, 3.63) is 75.6 Å². The summed E-state index contributed by atoms with van der Waals surface area (Å²) < 4.78 is 5.18. The number of carbonyl (C=O) groups excluding carboxylic acids is 1. The standard InChI is InChI=1S/C20H19ClN2O3/c1-23(20(25)14-7-2-4-9-16(14)21)12-6-11-22-17-13-19(24)26-18-10-5-3-8-15(17)18/h2-5,7-10,13,22H,6,11-12H2,1H3. The van der Waals surface area contributed by atoms with E-state index in [1.165, 1.54) is 6.07 Å². The van der Waals surface area contributed by atoms with E-state index in [-0.39, 0.29) is 5.91 Å². The van der Waals surface area contributed by atoms with Gasteiger partial charge in [-0.15, -0.1) is 0 Å². The van der Waals surface area contributed by atoms with E-state index in [9.17, 15) is 9.59 Å². The highest BCUT2D eigenvalue weighted by atomic mass is 35.5. The molecule has 26 heavy (non-hydrogen) atoms. The Morgan fingerprint density at radius 2 is 1.88 bits per heavy atom. The van der Waals surface area contributed by atoms with Crippen molar-refractivity contribution in [2.24, 2.45) is 0 Å². The Labute approximate surface area is 156 Å². The van der Waals surface area contributed by atoms with Crippen LogP contribution in [0.4, 0.5) is 5.69 Å². The molecule has 0 bridgehead atoms. The van der Waals surface area contributed by atoms with Gasteiger partial charge in [0.05, 0.1) is 16.3 Å². The first-order valence-corrected chi connectivity index (χ1v) is 8.71. The number of nitrogens with one attached hydrogen (secondary N) is 1. The van der Waals surface area contributed by atoms with Gasteiger partial charge in [0.25, 0.3) is 5.91 Å². The highest BCUT2D eigenvalue weighted by molar-refractivity contribution is 6.33. The molecule has 6 heteroatoms. The number of para-hydroxylation sites is 1. The highest BCUT2D eigenvalue weighted by Crippen LogP contribution is 2.21. The molecule has 1 N–H and O–H groups in total.